The van der Waals surface area contributed by atoms with E-state index in [4.69, 9.17) is 10.5 Å². The van der Waals surface area contributed by atoms with Crippen LogP contribution in [0.3, 0.4) is 0 Å². The van der Waals surface area contributed by atoms with Crippen LogP contribution in [0.25, 0.3) is 0 Å². The van der Waals surface area contributed by atoms with Crippen LogP contribution in [-0.2, 0) is 0 Å². The van der Waals surface area contributed by atoms with Gasteiger partial charge in [0.2, 0.25) is 0 Å². The van der Waals surface area contributed by atoms with Gasteiger partial charge in [-0.3, -0.25) is 10.2 Å². The van der Waals surface area contributed by atoms with E-state index in [9.17, 15) is 9.59 Å². The lowest BCUT2D eigenvalue weighted by molar-refractivity contribution is 0.0839. The zero-order valence-corrected chi connectivity index (χ0v) is 9.77. The Hall–Kier alpha value is -2.24. The number of nitrogens with one attached hydrogen (secondary N) is 1. The summed E-state index contributed by atoms with van der Waals surface area (Å²) in [6.07, 6.45) is 0. The maximum Gasteiger partial charge on any atom is 0.333 e. The number of nitrogens with zero attached hydrogens (tertiary/aromatic N) is 1. The quantitative estimate of drug-likeness (QED) is 0.760. The van der Waals surface area contributed by atoms with Gasteiger partial charge in [0.05, 0.1) is 7.11 Å². The highest BCUT2D eigenvalue weighted by Gasteiger charge is 2.12. The molecule has 0 aromatic heterocycles. The standard InChI is InChI=1S/C11H15N3O3/c1-3-14(11(12)16)13-10(15)8-4-6-9(17-2)7-5-8/h4-7H,3H2,1-2H3,(H2,12,16)(H,13,15). The van der Waals surface area contributed by atoms with Crippen LogP contribution < -0.4 is 15.9 Å². The molecule has 0 aliphatic rings. The first-order valence-corrected chi connectivity index (χ1v) is 5.10. The predicted octanol–water partition coefficient (Wildman–Crippen LogP) is 0.741. The molecule has 1 rings (SSSR count). The Morgan fingerprint density at radius 1 is 1.35 bits per heavy atom. The number of carbonyl (C=O) groups is 2. The van der Waals surface area contributed by atoms with Gasteiger partial charge in [0.15, 0.2) is 0 Å². The van der Waals surface area contributed by atoms with Crippen molar-refractivity contribution in [3.63, 3.8) is 0 Å². The summed E-state index contributed by atoms with van der Waals surface area (Å²) in [4.78, 5) is 22.6. The maximum absolute atomic E-state index is 11.7. The lowest BCUT2D eigenvalue weighted by Crippen LogP contribution is -2.48. The molecule has 0 saturated heterocycles. The van der Waals surface area contributed by atoms with Gasteiger partial charge in [-0.1, -0.05) is 0 Å². The van der Waals surface area contributed by atoms with E-state index in [1.165, 1.54) is 0 Å². The molecule has 92 valence electrons. The van der Waals surface area contributed by atoms with Crippen molar-refractivity contribution in [3.05, 3.63) is 29.8 Å². The number of benzene rings is 1. The number of carbonyl (C=O) groups excluding carboxylic acids is 2. The van der Waals surface area contributed by atoms with Crippen molar-refractivity contribution in [1.29, 1.82) is 0 Å². The number of primary amides is 1. The van der Waals surface area contributed by atoms with E-state index in [-0.39, 0.29) is 0 Å². The molecular weight excluding hydrogens is 222 g/mol. The molecule has 0 bridgehead atoms. The van der Waals surface area contributed by atoms with Crippen molar-refractivity contribution < 1.29 is 14.3 Å². The zero-order chi connectivity index (χ0) is 12.8. The second-order valence-electron chi connectivity index (χ2n) is 3.25. The Balaban J connectivity index is 2.72. The van der Waals surface area contributed by atoms with E-state index in [0.29, 0.717) is 17.9 Å². The number of methoxy groups -OCH3 is 1. The number of hydrogen-bond donors (Lipinski definition) is 2. The molecule has 17 heavy (non-hydrogen) atoms. The lowest BCUT2D eigenvalue weighted by atomic mass is 10.2. The molecule has 0 aliphatic carbocycles. The Labute approximate surface area is 99.3 Å². The fourth-order valence-electron chi connectivity index (χ4n) is 1.22. The molecule has 0 saturated carbocycles. The number of hydrogen-bond acceptors (Lipinski definition) is 3. The molecule has 0 atom stereocenters. The first kappa shape index (κ1) is 12.8. The highest BCUT2D eigenvalue weighted by atomic mass is 16.5. The minimum atomic E-state index is -0.700. The molecule has 1 aromatic rings. The largest absolute Gasteiger partial charge is 0.497 e. The third-order valence-corrected chi connectivity index (χ3v) is 2.17. The van der Waals surface area contributed by atoms with Gasteiger partial charge in [-0.25, -0.2) is 9.80 Å². The normalized spacial score (nSPS) is 9.53. The molecule has 0 spiro atoms. The molecule has 0 heterocycles. The third-order valence-electron chi connectivity index (χ3n) is 2.17. The summed E-state index contributed by atoms with van der Waals surface area (Å²) in [7, 11) is 1.54. The number of hydrazine groups is 1. The topological polar surface area (TPSA) is 84.7 Å². The molecule has 0 radical (unpaired) electrons. The molecule has 1 aromatic carbocycles. The molecule has 0 unspecified atom stereocenters. The average Bonchev–Trinajstić information content (AvgIpc) is 2.35. The fourth-order valence-corrected chi connectivity index (χ4v) is 1.22. The van der Waals surface area contributed by atoms with Crippen molar-refractivity contribution >= 4 is 11.9 Å². The summed E-state index contributed by atoms with van der Waals surface area (Å²) in [6, 6.07) is 5.83. The molecule has 0 fully saturated rings. The van der Waals surface area contributed by atoms with Crippen molar-refractivity contribution in [2.24, 2.45) is 5.73 Å². The zero-order valence-electron chi connectivity index (χ0n) is 9.77. The number of nitrogens with two attached hydrogens (primary N) is 1. The van der Waals surface area contributed by atoms with Crippen molar-refractivity contribution in [2.45, 2.75) is 6.92 Å². The first-order chi connectivity index (χ1) is 8.08. The molecule has 3 N–H and O–H groups in total. The van der Waals surface area contributed by atoms with Gasteiger partial charge in [-0.2, -0.15) is 0 Å². The Morgan fingerprint density at radius 3 is 2.35 bits per heavy atom. The van der Waals surface area contributed by atoms with E-state index < -0.39 is 11.9 Å². The summed E-state index contributed by atoms with van der Waals surface area (Å²) in [6.45, 7) is 2.01. The summed E-state index contributed by atoms with van der Waals surface area (Å²) in [5.41, 5.74) is 7.89. The van der Waals surface area contributed by atoms with E-state index in [0.717, 1.165) is 5.01 Å². The third kappa shape index (κ3) is 3.37. The highest BCUT2D eigenvalue weighted by Crippen LogP contribution is 2.11. The van der Waals surface area contributed by atoms with Crippen LogP contribution in [0, 0.1) is 0 Å². The van der Waals surface area contributed by atoms with Crippen LogP contribution in [0.15, 0.2) is 24.3 Å². The van der Waals surface area contributed by atoms with Crippen LogP contribution >= 0.6 is 0 Å². The van der Waals surface area contributed by atoms with Crippen LogP contribution in [0.4, 0.5) is 4.79 Å². The minimum Gasteiger partial charge on any atom is -0.497 e. The van der Waals surface area contributed by atoms with Gasteiger partial charge in [-0.05, 0) is 31.2 Å². The van der Waals surface area contributed by atoms with Crippen molar-refractivity contribution in [1.82, 2.24) is 10.4 Å². The summed E-state index contributed by atoms with van der Waals surface area (Å²) < 4.78 is 4.97. The summed E-state index contributed by atoms with van der Waals surface area (Å²) in [5.74, 6) is 0.261. The van der Waals surface area contributed by atoms with Crippen LogP contribution in [-0.4, -0.2) is 30.6 Å². The smallest absolute Gasteiger partial charge is 0.333 e. The van der Waals surface area contributed by atoms with Crippen molar-refractivity contribution in [2.75, 3.05) is 13.7 Å². The van der Waals surface area contributed by atoms with E-state index in [1.54, 1.807) is 38.3 Å². The maximum atomic E-state index is 11.7. The average molecular weight is 237 g/mol. The van der Waals surface area contributed by atoms with Gasteiger partial charge < -0.3 is 10.5 Å². The Kier molecular flexibility index (Phi) is 4.33. The number of urea groups is 1. The second-order valence-corrected chi connectivity index (χ2v) is 3.25. The van der Waals surface area contributed by atoms with Gasteiger partial charge in [-0.15, -0.1) is 0 Å². The van der Waals surface area contributed by atoms with Gasteiger partial charge in [0.1, 0.15) is 5.75 Å². The summed E-state index contributed by atoms with van der Waals surface area (Å²) in [5, 5.41) is 1.03. The number of ether oxygens (including phenoxy) is 1. The number of amides is 3. The minimum absolute atomic E-state index is 0.303. The lowest BCUT2D eigenvalue weighted by Gasteiger charge is -2.18. The molecule has 3 amide bonds. The molecular formula is C11H15N3O3. The van der Waals surface area contributed by atoms with E-state index in [2.05, 4.69) is 5.43 Å². The SMILES string of the molecule is CCN(NC(=O)c1ccc(OC)cc1)C(N)=O. The van der Waals surface area contributed by atoms with Gasteiger partial charge in [0.25, 0.3) is 5.91 Å². The molecule has 6 nitrogen and oxygen atoms in total. The van der Waals surface area contributed by atoms with Gasteiger partial charge >= 0.3 is 6.03 Å². The molecule has 6 heteroatoms. The predicted molar refractivity (Wildman–Crippen MR) is 62.4 cm³/mol. The van der Waals surface area contributed by atoms with Crippen molar-refractivity contribution in [3.8, 4) is 5.75 Å². The van der Waals surface area contributed by atoms with Crippen LogP contribution in [0.1, 0.15) is 17.3 Å². The number of rotatable bonds is 3. The van der Waals surface area contributed by atoms with Gasteiger partial charge in [0, 0.05) is 12.1 Å². The van der Waals surface area contributed by atoms with Crippen LogP contribution in [0.2, 0.25) is 0 Å². The molecule has 0 aliphatic heterocycles. The monoisotopic (exact) mass is 237 g/mol. The summed E-state index contributed by atoms with van der Waals surface area (Å²) >= 11 is 0. The Morgan fingerprint density at radius 2 is 1.94 bits per heavy atom. The second kappa shape index (κ2) is 5.74. The van der Waals surface area contributed by atoms with Crippen LogP contribution in [0.5, 0.6) is 5.75 Å². The highest BCUT2D eigenvalue weighted by molar-refractivity contribution is 5.95. The fraction of sp³-hybridized carbons (Fsp3) is 0.273. The Bertz CT molecular complexity index is 403. The first-order valence-electron chi connectivity index (χ1n) is 5.10. The van der Waals surface area contributed by atoms with E-state index >= 15 is 0 Å². The van der Waals surface area contributed by atoms with E-state index in [1.807, 2.05) is 0 Å².